The number of aliphatic hydroxyl groups excluding tert-OH is 1. The number of alkyl carbamates (subject to hydrolysis) is 1. The van der Waals surface area contributed by atoms with Crippen LogP contribution < -0.4 is 20.1 Å². The summed E-state index contributed by atoms with van der Waals surface area (Å²) in [6.07, 6.45) is -4.73. The van der Waals surface area contributed by atoms with Gasteiger partial charge >= 0.3 is 12.3 Å². The average molecular weight is 678 g/mol. The van der Waals surface area contributed by atoms with Crippen molar-refractivity contribution in [2.24, 2.45) is 0 Å². The molecule has 1 unspecified atom stereocenters. The lowest BCUT2D eigenvalue weighted by Crippen LogP contribution is -2.52. The maximum absolute atomic E-state index is 14.8. The fourth-order valence-corrected chi connectivity index (χ4v) is 4.53. The zero-order chi connectivity index (χ0) is 35.5. The molecule has 1 heterocycles. The molecule has 1 aliphatic carbocycles. The molecule has 10 nitrogen and oxygen atoms in total. The van der Waals surface area contributed by atoms with E-state index in [0.717, 1.165) is 31.0 Å². The highest BCUT2D eigenvalue weighted by atomic mass is 19.4. The van der Waals surface area contributed by atoms with Crippen LogP contribution in [0.3, 0.4) is 0 Å². The van der Waals surface area contributed by atoms with E-state index in [1.165, 1.54) is 50.2 Å². The highest BCUT2D eigenvalue weighted by Gasteiger charge is 2.56. The summed E-state index contributed by atoms with van der Waals surface area (Å²) in [5, 5.41) is 25.2. The zero-order valence-electron chi connectivity index (χ0n) is 27.2. The van der Waals surface area contributed by atoms with Gasteiger partial charge in [0.15, 0.2) is 11.5 Å². The molecule has 1 aliphatic rings. The Balaban J connectivity index is 1.71. The van der Waals surface area contributed by atoms with Crippen LogP contribution in [0.5, 0.6) is 11.5 Å². The van der Waals surface area contributed by atoms with E-state index in [4.69, 9.17) is 19.3 Å². The van der Waals surface area contributed by atoms with E-state index in [0.29, 0.717) is 0 Å². The van der Waals surface area contributed by atoms with Crippen molar-refractivity contribution in [3.05, 3.63) is 77.2 Å². The largest absolute Gasteiger partial charge is 0.487 e. The number of alkyl halides is 3. The van der Waals surface area contributed by atoms with E-state index in [1.54, 1.807) is 20.8 Å². The Labute approximate surface area is 275 Å². The van der Waals surface area contributed by atoms with Crippen molar-refractivity contribution >= 4 is 12.0 Å². The molecule has 0 saturated heterocycles. The van der Waals surface area contributed by atoms with Gasteiger partial charge in [-0.1, -0.05) is 0 Å². The molecule has 4 rings (SSSR count). The van der Waals surface area contributed by atoms with Crippen molar-refractivity contribution in [1.82, 2.24) is 15.6 Å². The second kappa shape index (κ2) is 14.0. The summed E-state index contributed by atoms with van der Waals surface area (Å²) in [5.41, 5.74) is -6.61. The van der Waals surface area contributed by atoms with Gasteiger partial charge in [0.2, 0.25) is 5.60 Å². The molecule has 260 valence electrons. The van der Waals surface area contributed by atoms with Crippen LogP contribution >= 0.6 is 0 Å². The van der Waals surface area contributed by atoms with Crippen LogP contribution in [0.15, 0.2) is 54.6 Å². The third-order valence-electron chi connectivity index (χ3n) is 7.27. The van der Waals surface area contributed by atoms with Gasteiger partial charge in [0.1, 0.15) is 18.0 Å². The fourth-order valence-electron chi connectivity index (χ4n) is 4.53. The Bertz CT molecular complexity index is 1620. The zero-order valence-corrected chi connectivity index (χ0v) is 27.2. The van der Waals surface area contributed by atoms with Gasteiger partial charge in [0, 0.05) is 11.1 Å². The number of aromatic nitrogens is 1. The molecule has 4 N–H and O–H groups in total. The van der Waals surface area contributed by atoms with Gasteiger partial charge < -0.3 is 35.1 Å². The molecule has 1 saturated carbocycles. The molecule has 14 heteroatoms. The topological polar surface area (TPSA) is 139 Å². The van der Waals surface area contributed by atoms with E-state index in [2.05, 4.69) is 15.6 Å². The number of benzene rings is 2. The first-order chi connectivity index (χ1) is 22.3. The van der Waals surface area contributed by atoms with Crippen molar-refractivity contribution in [3.8, 4) is 22.8 Å². The molecule has 2 amide bonds. The monoisotopic (exact) mass is 677 g/mol. The van der Waals surface area contributed by atoms with Gasteiger partial charge in [0.25, 0.3) is 5.91 Å². The maximum atomic E-state index is 14.8. The summed E-state index contributed by atoms with van der Waals surface area (Å²) >= 11 is 0. The number of carbonyl (C=O) groups excluding carboxylic acids is 2. The van der Waals surface area contributed by atoms with E-state index in [1.807, 2.05) is 0 Å². The first-order valence-corrected chi connectivity index (χ1v) is 15.2. The van der Waals surface area contributed by atoms with Gasteiger partial charge in [-0.25, -0.2) is 14.2 Å². The summed E-state index contributed by atoms with van der Waals surface area (Å²) in [6, 6.07) is 11.2. The number of ether oxygens (including phenoxy) is 3. The van der Waals surface area contributed by atoms with Gasteiger partial charge in [-0.05, 0) is 108 Å². The number of carbonyl (C=O) groups is 2. The number of hydrogen-bond donors (Lipinski definition) is 4. The standard InChI is InChI=1S/C34H39F4N3O7/c1-31(2,3)48-30(44)41-32(4,5)22-17-25(20-6-9-23(35)10-7-20)40-28(18-22)33(45,34(36,37)38)19-39-29(43)21-8-13-26(46-15-14-42)27(16-21)47-24-11-12-24/h6-10,13,16-18,24,42,45H,11-12,14-15,19H2,1-5H3,(H,39,43)(H,41,44). The predicted octanol–water partition coefficient (Wildman–Crippen LogP) is 5.74. The molecule has 3 aromatic rings. The Hall–Kier alpha value is -4.43. The molecule has 0 aliphatic heterocycles. The smallest absolute Gasteiger partial charge is 0.424 e. The molecule has 2 aromatic carbocycles. The molecule has 1 fully saturated rings. The lowest BCUT2D eigenvalue weighted by atomic mass is 9.88. The van der Waals surface area contributed by atoms with Crippen LogP contribution in [0.1, 0.15) is 69.1 Å². The van der Waals surface area contributed by atoms with E-state index in [-0.39, 0.29) is 53.2 Å². The van der Waals surface area contributed by atoms with Gasteiger partial charge in [0.05, 0.1) is 36.2 Å². The summed E-state index contributed by atoms with van der Waals surface area (Å²) in [7, 11) is 0. The highest BCUT2D eigenvalue weighted by molar-refractivity contribution is 5.95. The van der Waals surface area contributed by atoms with Gasteiger partial charge in [-0.2, -0.15) is 13.2 Å². The number of amides is 2. The Morgan fingerprint density at radius 3 is 2.21 bits per heavy atom. The van der Waals surface area contributed by atoms with Crippen LogP contribution in [0.4, 0.5) is 22.4 Å². The summed E-state index contributed by atoms with van der Waals surface area (Å²) in [5.74, 6) is -1.11. The highest BCUT2D eigenvalue weighted by Crippen LogP contribution is 2.40. The quantitative estimate of drug-likeness (QED) is 0.178. The van der Waals surface area contributed by atoms with Gasteiger partial charge in [-0.3, -0.25) is 4.79 Å². The first-order valence-electron chi connectivity index (χ1n) is 15.2. The Morgan fingerprint density at radius 1 is 0.958 bits per heavy atom. The third-order valence-corrected chi connectivity index (χ3v) is 7.27. The number of aliphatic hydroxyl groups is 2. The molecule has 0 bridgehead atoms. The van der Waals surface area contributed by atoms with Crippen molar-refractivity contribution in [1.29, 1.82) is 0 Å². The van der Waals surface area contributed by atoms with E-state index in [9.17, 15) is 32.3 Å². The van der Waals surface area contributed by atoms with Crippen LogP contribution in [0.25, 0.3) is 11.3 Å². The van der Waals surface area contributed by atoms with E-state index >= 15 is 0 Å². The minimum atomic E-state index is -5.35. The Morgan fingerprint density at radius 2 is 1.62 bits per heavy atom. The number of halogens is 4. The minimum absolute atomic E-state index is 0.0404. The normalized spacial score (nSPS) is 14.9. The van der Waals surface area contributed by atoms with Crippen molar-refractivity contribution in [2.45, 2.75) is 76.5 Å². The van der Waals surface area contributed by atoms with Gasteiger partial charge in [-0.15, -0.1) is 0 Å². The number of nitrogens with zero attached hydrogens (tertiary/aromatic N) is 1. The van der Waals surface area contributed by atoms with Crippen LogP contribution in [0.2, 0.25) is 0 Å². The third kappa shape index (κ3) is 9.13. The molecule has 0 radical (unpaired) electrons. The minimum Gasteiger partial charge on any atom is -0.487 e. The summed E-state index contributed by atoms with van der Waals surface area (Å²) < 4.78 is 74.7. The molecule has 0 spiro atoms. The molecular formula is C34H39F4N3O7. The van der Waals surface area contributed by atoms with Crippen molar-refractivity contribution in [3.63, 3.8) is 0 Å². The molecule has 48 heavy (non-hydrogen) atoms. The fraction of sp³-hybridized carbons (Fsp3) is 0.441. The number of rotatable bonds is 12. The predicted molar refractivity (Wildman–Crippen MR) is 167 cm³/mol. The van der Waals surface area contributed by atoms with Crippen LogP contribution in [-0.2, 0) is 15.9 Å². The molecular weight excluding hydrogens is 638 g/mol. The van der Waals surface area contributed by atoms with Crippen molar-refractivity contribution < 1.29 is 51.6 Å². The number of nitrogens with one attached hydrogen (secondary N) is 2. The molecule has 1 aromatic heterocycles. The number of pyridine rings is 1. The second-order valence-corrected chi connectivity index (χ2v) is 13.0. The van der Waals surface area contributed by atoms with Crippen LogP contribution in [0, 0.1) is 5.82 Å². The summed E-state index contributed by atoms with van der Waals surface area (Å²) in [4.78, 5) is 29.9. The SMILES string of the molecule is CC(C)(C)OC(=O)NC(C)(C)c1cc(-c2ccc(F)cc2)nc(C(O)(CNC(=O)c2ccc(OCCO)c(OC3CC3)c2)C(F)(F)F)c1. The first kappa shape index (κ1) is 36.4. The van der Waals surface area contributed by atoms with E-state index < -0.39 is 53.0 Å². The summed E-state index contributed by atoms with van der Waals surface area (Å²) in [6.45, 7) is 6.34. The lowest BCUT2D eigenvalue weighted by Gasteiger charge is -2.33. The Kier molecular flexibility index (Phi) is 10.6. The molecule has 1 atom stereocenters. The maximum Gasteiger partial charge on any atom is 0.424 e. The second-order valence-electron chi connectivity index (χ2n) is 13.0. The number of hydrogen-bond acceptors (Lipinski definition) is 8. The van der Waals surface area contributed by atoms with Crippen LogP contribution in [-0.4, -0.2) is 64.8 Å². The lowest BCUT2D eigenvalue weighted by molar-refractivity contribution is -0.265. The van der Waals surface area contributed by atoms with Crippen molar-refractivity contribution in [2.75, 3.05) is 19.8 Å². The average Bonchev–Trinajstić information content (AvgIpc) is 3.81.